The first kappa shape index (κ1) is 13.6. The van der Waals surface area contributed by atoms with Crippen molar-refractivity contribution in [3.05, 3.63) is 35.4 Å². The van der Waals surface area contributed by atoms with Crippen LogP contribution in [0.25, 0.3) is 0 Å². The average Bonchev–Trinajstić information content (AvgIpc) is 2.37. The van der Waals surface area contributed by atoms with Crippen molar-refractivity contribution in [1.29, 1.82) is 0 Å². The molecule has 0 spiro atoms. The lowest BCUT2D eigenvalue weighted by molar-refractivity contribution is 0.255. The molecule has 0 aromatic heterocycles. The van der Waals surface area contributed by atoms with E-state index in [0.29, 0.717) is 6.04 Å². The van der Waals surface area contributed by atoms with Crippen molar-refractivity contribution < 1.29 is 0 Å². The second-order valence-electron chi connectivity index (χ2n) is 5.86. The maximum atomic E-state index is 3.49. The van der Waals surface area contributed by atoms with Crippen molar-refractivity contribution in [2.45, 2.75) is 45.2 Å². The number of hydrogen-bond donors (Lipinski definition) is 1. The van der Waals surface area contributed by atoms with Crippen LogP contribution in [0.1, 0.15) is 43.7 Å². The molecule has 1 aliphatic heterocycles. The number of rotatable bonds is 4. The summed E-state index contributed by atoms with van der Waals surface area (Å²) in [5.74, 6) is 0.764. The predicted molar refractivity (Wildman–Crippen MR) is 77.9 cm³/mol. The molecule has 100 valence electrons. The van der Waals surface area contributed by atoms with E-state index in [-0.39, 0.29) is 0 Å². The molecule has 2 rings (SSSR count). The van der Waals surface area contributed by atoms with Crippen molar-refractivity contribution in [2.24, 2.45) is 0 Å². The number of nitrogens with one attached hydrogen (secondary N) is 1. The van der Waals surface area contributed by atoms with Gasteiger partial charge in [0.15, 0.2) is 0 Å². The molecular formula is C16H26N2. The zero-order valence-electron chi connectivity index (χ0n) is 11.9. The first-order valence-corrected chi connectivity index (χ1v) is 7.16. The molecule has 0 bridgehead atoms. The van der Waals surface area contributed by atoms with Crippen LogP contribution in [0.15, 0.2) is 24.3 Å². The molecule has 1 aromatic rings. The van der Waals surface area contributed by atoms with Crippen LogP contribution in [0.5, 0.6) is 0 Å². The van der Waals surface area contributed by atoms with Crippen molar-refractivity contribution in [3.63, 3.8) is 0 Å². The van der Waals surface area contributed by atoms with E-state index in [2.05, 4.69) is 55.4 Å². The van der Waals surface area contributed by atoms with Gasteiger partial charge >= 0.3 is 0 Å². The monoisotopic (exact) mass is 246 g/mol. The molecule has 0 atom stereocenters. The number of likely N-dealkylation sites (tertiary alicyclic amines) is 1. The van der Waals surface area contributed by atoms with Crippen LogP contribution in [-0.2, 0) is 6.54 Å². The van der Waals surface area contributed by atoms with Gasteiger partial charge in [0, 0.05) is 12.6 Å². The molecule has 0 radical (unpaired) electrons. The largest absolute Gasteiger partial charge is 0.310 e. The van der Waals surface area contributed by atoms with Crippen LogP contribution in [0.3, 0.4) is 0 Å². The summed E-state index contributed by atoms with van der Waals surface area (Å²) in [6, 6.07) is 9.69. The zero-order valence-corrected chi connectivity index (χ0v) is 11.9. The molecule has 1 aliphatic rings. The van der Waals surface area contributed by atoms with Crippen molar-refractivity contribution >= 4 is 0 Å². The Hall–Kier alpha value is -0.860. The summed E-state index contributed by atoms with van der Waals surface area (Å²) >= 11 is 0. The van der Waals surface area contributed by atoms with E-state index < -0.39 is 0 Å². The molecule has 18 heavy (non-hydrogen) atoms. The van der Waals surface area contributed by atoms with E-state index in [0.717, 1.165) is 12.5 Å². The summed E-state index contributed by atoms with van der Waals surface area (Å²) in [4.78, 5) is 2.43. The summed E-state index contributed by atoms with van der Waals surface area (Å²) in [6.07, 6.45) is 2.61. The average molecular weight is 246 g/mol. The third kappa shape index (κ3) is 3.82. The number of hydrogen-bond acceptors (Lipinski definition) is 2. The van der Waals surface area contributed by atoms with Gasteiger partial charge in [-0.1, -0.05) is 38.1 Å². The number of benzene rings is 1. The Balaban J connectivity index is 1.98. The fraction of sp³-hybridized carbons (Fsp3) is 0.625. The quantitative estimate of drug-likeness (QED) is 0.878. The molecule has 1 heterocycles. The zero-order chi connectivity index (χ0) is 13.0. The molecule has 0 saturated carbocycles. The van der Waals surface area contributed by atoms with E-state index in [1.165, 1.54) is 37.1 Å². The molecule has 1 saturated heterocycles. The molecule has 1 aromatic carbocycles. The smallest absolute Gasteiger partial charge is 0.0207 e. The van der Waals surface area contributed by atoms with Gasteiger partial charge in [0.1, 0.15) is 0 Å². The van der Waals surface area contributed by atoms with Crippen LogP contribution in [0, 0.1) is 0 Å². The maximum absolute atomic E-state index is 3.49. The van der Waals surface area contributed by atoms with Crippen LogP contribution in [-0.4, -0.2) is 31.1 Å². The highest BCUT2D eigenvalue weighted by atomic mass is 15.1. The van der Waals surface area contributed by atoms with Crippen LogP contribution < -0.4 is 5.32 Å². The number of nitrogens with zero attached hydrogens (tertiary/aromatic N) is 1. The Kier molecular flexibility index (Phi) is 4.79. The second kappa shape index (κ2) is 6.35. The SMILES string of the molecule is CC(C)NCc1cccc(C2CCN(C)CC2)c1. The summed E-state index contributed by atoms with van der Waals surface area (Å²) in [5, 5.41) is 3.49. The highest BCUT2D eigenvalue weighted by Crippen LogP contribution is 2.27. The molecule has 0 aliphatic carbocycles. The van der Waals surface area contributed by atoms with Gasteiger partial charge in [0.2, 0.25) is 0 Å². The highest BCUT2D eigenvalue weighted by Gasteiger charge is 2.18. The van der Waals surface area contributed by atoms with Crippen LogP contribution >= 0.6 is 0 Å². The van der Waals surface area contributed by atoms with Gasteiger partial charge in [0.05, 0.1) is 0 Å². The van der Waals surface area contributed by atoms with Gasteiger partial charge in [0.25, 0.3) is 0 Å². The maximum Gasteiger partial charge on any atom is 0.0207 e. The minimum absolute atomic E-state index is 0.553. The molecule has 2 heteroatoms. The van der Waals surface area contributed by atoms with Gasteiger partial charge in [-0.2, -0.15) is 0 Å². The predicted octanol–water partition coefficient (Wildman–Crippen LogP) is 2.99. The first-order valence-electron chi connectivity index (χ1n) is 7.16. The van der Waals surface area contributed by atoms with Crippen LogP contribution in [0.4, 0.5) is 0 Å². The Morgan fingerprint density at radius 3 is 2.67 bits per heavy atom. The second-order valence-corrected chi connectivity index (χ2v) is 5.86. The standard InChI is InChI=1S/C16H26N2/c1-13(2)17-12-14-5-4-6-16(11-14)15-7-9-18(3)10-8-15/h4-6,11,13,15,17H,7-10,12H2,1-3H3. The Labute approximate surface area is 111 Å². The third-order valence-corrected chi connectivity index (χ3v) is 3.86. The molecule has 1 fully saturated rings. The Bertz CT molecular complexity index is 365. The Morgan fingerprint density at radius 2 is 2.00 bits per heavy atom. The summed E-state index contributed by atoms with van der Waals surface area (Å²) < 4.78 is 0. The highest BCUT2D eigenvalue weighted by molar-refractivity contribution is 5.27. The van der Waals surface area contributed by atoms with Gasteiger partial charge in [-0.3, -0.25) is 0 Å². The minimum Gasteiger partial charge on any atom is -0.310 e. The first-order chi connectivity index (χ1) is 8.65. The summed E-state index contributed by atoms with van der Waals surface area (Å²) in [6.45, 7) is 7.85. The summed E-state index contributed by atoms with van der Waals surface area (Å²) in [7, 11) is 2.22. The molecule has 0 amide bonds. The normalized spacial score (nSPS) is 18.4. The number of piperidine rings is 1. The van der Waals surface area contributed by atoms with E-state index in [9.17, 15) is 0 Å². The molecule has 2 nitrogen and oxygen atoms in total. The molecule has 1 N–H and O–H groups in total. The van der Waals surface area contributed by atoms with Gasteiger partial charge in [-0.05, 0) is 50.0 Å². The topological polar surface area (TPSA) is 15.3 Å². The van der Waals surface area contributed by atoms with Crippen molar-refractivity contribution in [1.82, 2.24) is 10.2 Å². The van der Waals surface area contributed by atoms with Gasteiger partial charge < -0.3 is 10.2 Å². The lowest BCUT2D eigenvalue weighted by Crippen LogP contribution is -2.29. The lowest BCUT2D eigenvalue weighted by atomic mass is 9.89. The van der Waals surface area contributed by atoms with Crippen LogP contribution in [0.2, 0.25) is 0 Å². The van der Waals surface area contributed by atoms with E-state index in [1.54, 1.807) is 0 Å². The van der Waals surface area contributed by atoms with Crippen molar-refractivity contribution in [2.75, 3.05) is 20.1 Å². The van der Waals surface area contributed by atoms with E-state index in [1.807, 2.05) is 0 Å². The van der Waals surface area contributed by atoms with Gasteiger partial charge in [-0.15, -0.1) is 0 Å². The van der Waals surface area contributed by atoms with E-state index in [4.69, 9.17) is 0 Å². The van der Waals surface area contributed by atoms with Crippen molar-refractivity contribution in [3.8, 4) is 0 Å². The minimum atomic E-state index is 0.553. The molecule has 0 unspecified atom stereocenters. The third-order valence-electron chi connectivity index (χ3n) is 3.86. The fourth-order valence-corrected chi connectivity index (χ4v) is 2.62. The van der Waals surface area contributed by atoms with E-state index >= 15 is 0 Å². The fourth-order valence-electron chi connectivity index (χ4n) is 2.62. The Morgan fingerprint density at radius 1 is 1.28 bits per heavy atom. The molecular weight excluding hydrogens is 220 g/mol. The lowest BCUT2D eigenvalue weighted by Gasteiger charge is -2.29. The van der Waals surface area contributed by atoms with Gasteiger partial charge in [-0.25, -0.2) is 0 Å². The summed E-state index contributed by atoms with van der Waals surface area (Å²) in [5.41, 5.74) is 2.95.